The summed E-state index contributed by atoms with van der Waals surface area (Å²) in [5.74, 6) is 0.302. The number of anilines is 1. The van der Waals surface area contributed by atoms with E-state index in [1.165, 1.54) is 6.33 Å². The monoisotopic (exact) mass is 279 g/mol. The van der Waals surface area contributed by atoms with Gasteiger partial charge < -0.3 is 20.3 Å². The second kappa shape index (κ2) is 4.97. The smallest absolute Gasteiger partial charge is 0.167 e. The maximum Gasteiger partial charge on any atom is 0.167 e. The third kappa shape index (κ3) is 1.84. The van der Waals surface area contributed by atoms with E-state index in [0.29, 0.717) is 17.0 Å². The molecule has 2 aromatic rings. The molecule has 3 heterocycles. The lowest BCUT2D eigenvalue weighted by Crippen LogP contribution is -2.33. The Morgan fingerprint density at radius 1 is 1.45 bits per heavy atom. The van der Waals surface area contributed by atoms with Crippen LogP contribution in [0.3, 0.4) is 0 Å². The molecule has 0 aliphatic carbocycles. The molecule has 8 nitrogen and oxygen atoms in total. The van der Waals surface area contributed by atoms with Crippen molar-refractivity contribution < 1.29 is 14.6 Å². The molecule has 0 radical (unpaired) electrons. The van der Waals surface area contributed by atoms with E-state index < -0.39 is 12.3 Å². The van der Waals surface area contributed by atoms with E-state index >= 15 is 0 Å². The topological polar surface area (TPSA) is 108 Å². The first kappa shape index (κ1) is 13.2. The minimum atomic E-state index is -0.793. The molecule has 1 aliphatic heterocycles. The van der Waals surface area contributed by atoms with Crippen LogP contribution in [0, 0.1) is 0 Å². The molecule has 0 aromatic carbocycles. The number of aliphatic hydroxyl groups is 1. The summed E-state index contributed by atoms with van der Waals surface area (Å²) in [6.45, 7) is 1.98. The van der Waals surface area contributed by atoms with E-state index in [1.807, 2.05) is 6.92 Å². The number of ether oxygens (including phenoxy) is 2. The highest BCUT2D eigenvalue weighted by Gasteiger charge is 2.44. The van der Waals surface area contributed by atoms with Gasteiger partial charge in [0.15, 0.2) is 17.7 Å². The highest BCUT2D eigenvalue weighted by atomic mass is 16.6. The first-order valence-electron chi connectivity index (χ1n) is 6.46. The second-order valence-corrected chi connectivity index (χ2v) is 4.75. The predicted octanol–water partition coefficient (Wildman–Crippen LogP) is 0.0918. The summed E-state index contributed by atoms with van der Waals surface area (Å²) in [6, 6.07) is 0. The van der Waals surface area contributed by atoms with Crippen LogP contribution in [0.1, 0.15) is 19.6 Å². The molecule has 4 atom stereocenters. The van der Waals surface area contributed by atoms with Crippen molar-refractivity contribution in [2.24, 2.45) is 0 Å². The number of rotatable bonds is 3. The lowest BCUT2D eigenvalue weighted by molar-refractivity contribution is -0.0356. The predicted molar refractivity (Wildman–Crippen MR) is 70.7 cm³/mol. The first-order chi connectivity index (χ1) is 9.67. The summed E-state index contributed by atoms with van der Waals surface area (Å²) in [6.07, 6.45) is 1.73. The van der Waals surface area contributed by atoms with Gasteiger partial charge in [0.1, 0.15) is 24.1 Å². The van der Waals surface area contributed by atoms with Gasteiger partial charge in [0.25, 0.3) is 0 Å². The van der Waals surface area contributed by atoms with Crippen molar-refractivity contribution in [2.45, 2.75) is 37.9 Å². The van der Waals surface area contributed by atoms with Crippen molar-refractivity contribution in [3.8, 4) is 0 Å². The summed E-state index contributed by atoms with van der Waals surface area (Å²) in [7, 11) is 1.56. The number of fused-ring (bicyclic) bond motifs is 1. The fourth-order valence-electron chi connectivity index (χ4n) is 2.63. The first-order valence-corrected chi connectivity index (χ1v) is 6.46. The molecule has 1 saturated heterocycles. The molecule has 0 spiro atoms. The molecule has 1 fully saturated rings. The van der Waals surface area contributed by atoms with Gasteiger partial charge in [-0.3, -0.25) is 4.57 Å². The van der Waals surface area contributed by atoms with E-state index in [9.17, 15) is 5.11 Å². The van der Waals surface area contributed by atoms with Crippen molar-refractivity contribution in [1.29, 1.82) is 0 Å². The van der Waals surface area contributed by atoms with E-state index in [0.717, 1.165) is 6.42 Å². The Labute approximate surface area is 115 Å². The van der Waals surface area contributed by atoms with Crippen LogP contribution in [-0.2, 0) is 9.47 Å². The van der Waals surface area contributed by atoms with Gasteiger partial charge in [0.05, 0.1) is 12.4 Å². The van der Waals surface area contributed by atoms with Crippen LogP contribution in [-0.4, -0.2) is 50.0 Å². The summed E-state index contributed by atoms with van der Waals surface area (Å²) in [5, 5.41) is 10.4. The highest BCUT2D eigenvalue weighted by molar-refractivity contribution is 5.81. The lowest BCUT2D eigenvalue weighted by atomic mass is 10.1. The fourth-order valence-corrected chi connectivity index (χ4v) is 2.63. The Balaban J connectivity index is 2.01. The van der Waals surface area contributed by atoms with Gasteiger partial charge in [0.2, 0.25) is 0 Å². The average Bonchev–Trinajstić information content (AvgIpc) is 3.00. The zero-order valence-corrected chi connectivity index (χ0v) is 11.3. The Kier molecular flexibility index (Phi) is 3.28. The van der Waals surface area contributed by atoms with Crippen LogP contribution < -0.4 is 5.73 Å². The van der Waals surface area contributed by atoms with Crippen LogP contribution in [0.15, 0.2) is 12.7 Å². The van der Waals surface area contributed by atoms with Crippen molar-refractivity contribution in [3.63, 3.8) is 0 Å². The molecule has 0 amide bonds. The molecule has 3 N–H and O–H groups in total. The van der Waals surface area contributed by atoms with Crippen molar-refractivity contribution >= 4 is 17.0 Å². The van der Waals surface area contributed by atoms with Gasteiger partial charge in [-0.05, 0) is 6.42 Å². The third-order valence-corrected chi connectivity index (χ3v) is 3.65. The number of nitrogens with two attached hydrogens (primary N) is 1. The van der Waals surface area contributed by atoms with E-state index in [2.05, 4.69) is 15.0 Å². The van der Waals surface area contributed by atoms with Crippen molar-refractivity contribution in [2.75, 3.05) is 12.8 Å². The number of hydrogen-bond donors (Lipinski definition) is 2. The zero-order chi connectivity index (χ0) is 14.3. The quantitative estimate of drug-likeness (QED) is 0.819. The average molecular weight is 279 g/mol. The van der Waals surface area contributed by atoms with Crippen LogP contribution in [0.4, 0.5) is 5.82 Å². The number of nitrogen functional groups attached to an aromatic ring is 1. The maximum absolute atomic E-state index is 10.4. The standard InChI is InChI=1S/C12H17N5O3/c1-3-6-9(19-2)8(18)12(20-6)17-5-16-7-10(13)14-4-15-11(7)17/h4-6,8-9,12,18H,3H2,1-2H3,(H2,13,14,15)/t6-,8-,9-,12-/m1/s1. The van der Waals surface area contributed by atoms with Crippen LogP contribution in [0.5, 0.6) is 0 Å². The summed E-state index contributed by atoms with van der Waals surface area (Å²) >= 11 is 0. The van der Waals surface area contributed by atoms with Crippen molar-refractivity contribution in [1.82, 2.24) is 19.5 Å². The van der Waals surface area contributed by atoms with Gasteiger partial charge in [-0.25, -0.2) is 15.0 Å². The number of imidazole rings is 1. The van der Waals surface area contributed by atoms with Crippen LogP contribution in [0.25, 0.3) is 11.2 Å². The van der Waals surface area contributed by atoms with Gasteiger partial charge in [0, 0.05) is 7.11 Å². The SMILES string of the molecule is CC[C@H]1O[C@@H](n2cnc3c(N)ncnc32)[C@H](O)[C@@H]1OC. The number of methoxy groups -OCH3 is 1. The summed E-state index contributed by atoms with van der Waals surface area (Å²) in [5.41, 5.74) is 6.79. The second-order valence-electron chi connectivity index (χ2n) is 4.75. The number of aromatic nitrogens is 4. The van der Waals surface area contributed by atoms with Gasteiger partial charge in [-0.15, -0.1) is 0 Å². The molecule has 3 rings (SSSR count). The molecule has 0 unspecified atom stereocenters. The Hall–Kier alpha value is -1.77. The number of nitrogens with zero attached hydrogens (tertiary/aromatic N) is 4. The number of aliphatic hydroxyl groups excluding tert-OH is 1. The number of hydrogen-bond acceptors (Lipinski definition) is 7. The van der Waals surface area contributed by atoms with E-state index in [-0.39, 0.29) is 12.2 Å². The molecular weight excluding hydrogens is 262 g/mol. The Morgan fingerprint density at radius 3 is 2.90 bits per heavy atom. The van der Waals surface area contributed by atoms with Gasteiger partial charge in [-0.2, -0.15) is 0 Å². The summed E-state index contributed by atoms with van der Waals surface area (Å²) < 4.78 is 12.9. The Bertz CT molecular complexity index is 616. The molecule has 8 heteroatoms. The minimum absolute atomic E-state index is 0.170. The minimum Gasteiger partial charge on any atom is -0.386 e. The van der Waals surface area contributed by atoms with E-state index in [1.54, 1.807) is 18.0 Å². The van der Waals surface area contributed by atoms with Crippen LogP contribution >= 0.6 is 0 Å². The van der Waals surface area contributed by atoms with Crippen molar-refractivity contribution in [3.05, 3.63) is 12.7 Å². The van der Waals surface area contributed by atoms with Gasteiger partial charge >= 0.3 is 0 Å². The molecule has 0 bridgehead atoms. The molecular formula is C12H17N5O3. The maximum atomic E-state index is 10.4. The molecule has 1 aliphatic rings. The lowest BCUT2D eigenvalue weighted by Gasteiger charge is -2.17. The molecule has 108 valence electrons. The fraction of sp³-hybridized carbons (Fsp3) is 0.583. The molecule has 0 saturated carbocycles. The van der Waals surface area contributed by atoms with Crippen LogP contribution in [0.2, 0.25) is 0 Å². The largest absolute Gasteiger partial charge is 0.386 e. The van der Waals surface area contributed by atoms with E-state index in [4.69, 9.17) is 15.2 Å². The molecule has 20 heavy (non-hydrogen) atoms. The summed E-state index contributed by atoms with van der Waals surface area (Å²) in [4.78, 5) is 12.2. The third-order valence-electron chi connectivity index (χ3n) is 3.65. The highest BCUT2D eigenvalue weighted by Crippen LogP contribution is 2.34. The Morgan fingerprint density at radius 2 is 2.25 bits per heavy atom. The molecule has 2 aromatic heterocycles. The van der Waals surface area contributed by atoms with Gasteiger partial charge in [-0.1, -0.05) is 6.92 Å². The normalized spacial score (nSPS) is 30.1. The zero-order valence-electron chi connectivity index (χ0n) is 11.3.